The Morgan fingerprint density at radius 2 is 1.72 bits per heavy atom. The Morgan fingerprint density at radius 1 is 1.13 bits per heavy atom. The maximum atomic E-state index is 15.0. The summed E-state index contributed by atoms with van der Waals surface area (Å²) in [5.74, 6) is -1.52. The molecule has 0 unspecified atom stereocenters. The lowest BCUT2D eigenvalue weighted by molar-refractivity contribution is -0.191. The smallest absolute Gasteiger partial charge is 0.408 e. The zero-order valence-electron chi connectivity index (χ0n) is 22.5. The number of carbonyl (C=O) groups excluding carboxylic acids is 5. The molecular weight excluding hydrogens is 549 g/mol. The van der Waals surface area contributed by atoms with Crippen LogP contribution in [0.25, 0.3) is 0 Å². The van der Waals surface area contributed by atoms with Crippen LogP contribution in [0.15, 0.2) is 41.3 Å². The minimum Gasteiger partial charge on any atom is -0.444 e. The third kappa shape index (κ3) is 9.69. The van der Waals surface area contributed by atoms with Gasteiger partial charge in [-0.3, -0.25) is 9.59 Å². The second kappa shape index (κ2) is 13.1. The summed E-state index contributed by atoms with van der Waals surface area (Å²) in [6, 6.07) is 8.69. The summed E-state index contributed by atoms with van der Waals surface area (Å²) in [4.78, 5) is 57.2. The molecule has 3 amide bonds. The number of ether oxygens (including phenoxy) is 1. The quantitative estimate of drug-likeness (QED) is 0.525. The first-order valence-electron chi connectivity index (χ1n) is 11.9. The van der Waals surface area contributed by atoms with Crippen LogP contribution in [0.5, 0.6) is 0 Å². The maximum Gasteiger partial charge on any atom is 0.408 e. The van der Waals surface area contributed by atoms with Crippen molar-refractivity contribution in [3.8, 4) is 0 Å². The molecule has 0 saturated heterocycles. The van der Waals surface area contributed by atoms with E-state index in [-0.39, 0.29) is 24.0 Å². The number of nitrogens with one attached hydrogen (secondary N) is 2. The highest BCUT2D eigenvalue weighted by Gasteiger charge is 2.34. The van der Waals surface area contributed by atoms with E-state index in [1.165, 1.54) is 28.8 Å². The topological polar surface area (TPSA) is 122 Å². The molecule has 0 aromatic heterocycles. The number of benzene rings is 2. The zero-order valence-corrected chi connectivity index (χ0v) is 24.1. The average molecular weight is 580 g/mol. The number of halogens is 2. The van der Waals surface area contributed by atoms with Crippen LogP contribution < -0.4 is 15.5 Å². The molecule has 1 aliphatic rings. The van der Waals surface area contributed by atoms with Gasteiger partial charge in [0.25, 0.3) is 11.8 Å². The molecule has 12 heteroatoms. The minimum absolute atomic E-state index is 0.127. The van der Waals surface area contributed by atoms with Gasteiger partial charge in [0.2, 0.25) is 0 Å². The lowest BCUT2D eigenvalue weighted by Crippen LogP contribution is -2.50. The van der Waals surface area contributed by atoms with Crippen LogP contribution in [0.3, 0.4) is 0 Å². The van der Waals surface area contributed by atoms with E-state index in [1.807, 2.05) is 0 Å². The van der Waals surface area contributed by atoms with Crippen LogP contribution >= 0.6 is 23.4 Å². The Hall–Kier alpha value is -3.40. The molecule has 9 nitrogen and oxygen atoms in total. The number of anilines is 1. The first-order valence-corrected chi connectivity index (χ1v) is 13.2. The summed E-state index contributed by atoms with van der Waals surface area (Å²) in [5.41, 5.74) is -0.334. The van der Waals surface area contributed by atoms with Crippen molar-refractivity contribution in [1.82, 2.24) is 10.6 Å². The molecule has 0 radical (unpaired) electrons. The van der Waals surface area contributed by atoms with E-state index < -0.39 is 40.9 Å². The molecule has 0 saturated carbocycles. The minimum atomic E-state index is -0.931. The molecule has 2 aromatic rings. The number of hydrogen-bond acceptors (Lipinski definition) is 7. The van der Waals surface area contributed by atoms with E-state index in [2.05, 4.69) is 10.6 Å². The molecule has 1 atom stereocenters. The Kier molecular flexibility index (Phi) is 10.7. The van der Waals surface area contributed by atoms with E-state index in [1.54, 1.807) is 65.8 Å². The van der Waals surface area contributed by atoms with Crippen molar-refractivity contribution in [3.63, 3.8) is 0 Å². The van der Waals surface area contributed by atoms with Crippen molar-refractivity contribution >= 4 is 53.1 Å². The van der Waals surface area contributed by atoms with Crippen LogP contribution in [0.1, 0.15) is 57.5 Å². The number of rotatable bonds is 4. The van der Waals surface area contributed by atoms with Crippen molar-refractivity contribution in [1.29, 1.82) is 0 Å². The fraction of sp³-hybridized carbons (Fsp3) is 0.407. The Bertz CT molecular complexity index is 1250. The van der Waals surface area contributed by atoms with Gasteiger partial charge in [0.05, 0.1) is 17.8 Å². The molecule has 39 heavy (non-hydrogen) atoms. The fourth-order valence-electron chi connectivity index (χ4n) is 3.49. The van der Waals surface area contributed by atoms with Crippen molar-refractivity contribution in [3.05, 3.63) is 58.4 Å². The van der Waals surface area contributed by atoms with Gasteiger partial charge in [-0.15, -0.1) is 11.8 Å². The highest BCUT2D eigenvalue weighted by Crippen LogP contribution is 2.37. The summed E-state index contributed by atoms with van der Waals surface area (Å²) in [6.45, 7) is 10.7. The first-order chi connectivity index (χ1) is 18.0. The third-order valence-corrected chi connectivity index (χ3v) is 6.38. The van der Waals surface area contributed by atoms with Gasteiger partial charge in [0.15, 0.2) is 0 Å². The number of alkyl carbamates (subject to hydrolysis) is 1. The van der Waals surface area contributed by atoms with Crippen molar-refractivity contribution in [2.45, 2.75) is 70.2 Å². The zero-order chi connectivity index (χ0) is 29.5. The molecule has 0 spiro atoms. The number of nitrogens with zero attached hydrogens (tertiary/aromatic N) is 1. The lowest BCUT2D eigenvalue weighted by Gasteiger charge is -2.27. The molecule has 2 aromatic carbocycles. The maximum absolute atomic E-state index is 15.0. The monoisotopic (exact) mass is 579 g/mol. The fourth-order valence-corrected chi connectivity index (χ4v) is 4.69. The molecule has 2 N–H and O–H groups in total. The first kappa shape index (κ1) is 31.8. The number of fused-ring (bicyclic) bond motifs is 1. The van der Waals surface area contributed by atoms with Crippen molar-refractivity contribution in [2.24, 2.45) is 0 Å². The van der Waals surface area contributed by atoms with Crippen LogP contribution in [-0.2, 0) is 25.7 Å². The van der Waals surface area contributed by atoms with Gasteiger partial charge >= 0.3 is 12.2 Å². The number of thioether (sulfide) groups is 1. The second-order valence-electron chi connectivity index (χ2n) is 10.6. The average Bonchev–Trinajstić information content (AvgIpc) is 2.90. The largest absolute Gasteiger partial charge is 0.444 e. The molecule has 0 fully saturated rings. The molecule has 0 bridgehead atoms. The second-order valence-corrected chi connectivity index (χ2v) is 12.1. The van der Waals surface area contributed by atoms with Crippen molar-refractivity contribution in [2.75, 3.05) is 10.7 Å². The highest BCUT2D eigenvalue weighted by molar-refractivity contribution is 7.99. The molecule has 1 aliphatic heterocycles. The van der Waals surface area contributed by atoms with Crippen molar-refractivity contribution < 1.29 is 33.1 Å². The Balaban J connectivity index is 0.00000170. The third-order valence-electron chi connectivity index (χ3n) is 4.99. The standard InChI is InChI=1S/C26H31ClFN3O4S.CO2/c1-25(2,3)30-22(32)17-11-20-21(12-18(17)28)36-14-19(29-24(34)35-26(4,5)6)23(33)31(20)13-15-7-9-16(27)10-8-15;2-1-3/h7-12,19H,13-14H2,1-6H3,(H,29,34)(H,30,32);/t19-;/m0./s1. The molecule has 210 valence electrons. The summed E-state index contributed by atoms with van der Waals surface area (Å²) < 4.78 is 20.4. The van der Waals surface area contributed by atoms with Crippen LogP contribution in [-0.4, -0.2) is 47.0 Å². The van der Waals surface area contributed by atoms with E-state index in [9.17, 15) is 14.4 Å². The molecule has 0 aliphatic carbocycles. The number of hydrogen-bond donors (Lipinski definition) is 2. The van der Waals surface area contributed by atoms with Crippen LogP contribution in [0.2, 0.25) is 5.02 Å². The molecular formula is C27H31ClFN3O6S. The summed E-state index contributed by atoms with van der Waals surface area (Å²) in [7, 11) is 0. The van der Waals surface area contributed by atoms with Gasteiger partial charge in [-0.1, -0.05) is 23.7 Å². The summed E-state index contributed by atoms with van der Waals surface area (Å²) >= 11 is 7.24. The van der Waals surface area contributed by atoms with Gasteiger partial charge < -0.3 is 20.3 Å². The van der Waals surface area contributed by atoms with E-state index in [4.69, 9.17) is 25.9 Å². The number of amides is 3. The van der Waals surface area contributed by atoms with E-state index >= 15 is 4.39 Å². The Morgan fingerprint density at radius 3 is 2.26 bits per heavy atom. The molecule has 1 heterocycles. The van der Waals surface area contributed by atoms with Gasteiger partial charge in [-0.05, 0) is 71.4 Å². The van der Waals surface area contributed by atoms with Crippen LogP contribution in [0, 0.1) is 5.82 Å². The van der Waals surface area contributed by atoms with Gasteiger partial charge in [-0.25, -0.2) is 9.18 Å². The van der Waals surface area contributed by atoms with E-state index in [0.29, 0.717) is 15.6 Å². The van der Waals surface area contributed by atoms with Gasteiger partial charge in [-0.2, -0.15) is 9.59 Å². The van der Waals surface area contributed by atoms with E-state index in [0.717, 1.165) is 5.56 Å². The predicted molar refractivity (Wildman–Crippen MR) is 145 cm³/mol. The summed E-state index contributed by atoms with van der Waals surface area (Å²) in [6.07, 6.45) is -0.477. The Labute approximate surface area is 235 Å². The predicted octanol–water partition coefficient (Wildman–Crippen LogP) is 4.96. The summed E-state index contributed by atoms with van der Waals surface area (Å²) in [5, 5.41) is 5.95. The number of carbonyl (C=O) groups is 3. The van der Waals surface area contributed by atoms with Gasteiger partial charge in [0, 0.05) is 21.2 Å². The SMILES string of the molecule is CC(C)(C)NC(=O)c1cc2c(cc1F)SC[C@H](NC(=O)OC(C)(C)C)C(=O)N2Cc1ccc(Cl)cc1.O=C=O. The molecule has 3 rings (SSSR count). The normalized spacial score (nSPS) is 15.1. The lowest BCUT2D eigenvalue weighted by atomic mass is 10.1. The van der Waals surface area contributed by atoms with Gasteiger partial charge in [0.1, 0.15) is 17.5 Å². The van der Waals surface area contributed by atoms with Crippen LogP contribution in [0.4, 0.5) is 14.9 Å². The highest BCUT2D eigenvalue weighted by atomic mass is 35.5.